The van der Waals surface area contributed by atoms with E-state index in [0.717, 1.165) is 19.4 Å². The van der Waals surface area contributed by atoms with Gasteiger partial charge in [0.25, 0.3) is 0 Å². The number of benzene rings is 1. The largest absolute Gasteiger partial charge is 0.385 e. The van der Waals surface area contributed by atoms with Crippen LogP contribution in [0, 0.1) is 0 Å². The first-order valence-electron chi connectivity index (χ1n) is 4.57. The summed E-state index contributed by atoms with van der Waals surface area (Å²) < 4.78 is 6.21. The molecule has 1 aromatic carbocycles. The predicted octanol–water partition coefficient (Wildman–Crippen LogP) is 3.42. The van der Waals surface area contributed by atoms with Crippen LogP contribution in [0.3, 0.4) is 0 Å². The molecule has 0 saturated carbocycles. The summed E-state index contributed by atoms with van der Waals surface area (Å²) in [5.74, 6) is 0. The molecule has 0 N–H and O–H groups in total. The highest BCUT2D eigenvalue weighted by Crippen LogP contribution is 2.17. The van der Waals surface area contributed by atoms with E-state index in [2.05, 4.69) is 34.1 Å². The number of hydrogen-bond acceptors (Lipinski definition) is 1. The Balaban J connectivity index is 2.32. The first kappa shape index (κ1) is 10.7. The third kappa shape index (κ3) is 3.92. The smallest absolute Gasteiger partial charge is 0.0462 e. The highest BCUT2D eigenvalue weighted by molar-refractivity contribution is 9.10. The van der Waals surface area contributed by atoms with E-state index in [4.69, 9.17) is 4.74 Å². The number of ether oxygens (including phenoxy) is 1. The van der Waals surface area contributed by atoms with E-state index in [-0.39, 0.29) is 0 Å². The van der Waals surface area contributed by atoms with E-state index in [1.165, 1.54) is 16.5 Å². The monoisotopic (exact) mass is 242 g/mol. The standard InChI is InChI=1S/C11H15BrO/c1-13-9-5-4-7-10-6-2-3-8-11(10)12/h2-3,6,8H,4-5,7,9H2,1H3. The lowest BCUT2D eigenvalue weighted by Crippen LogP contribution is -1.91. The van der Waals surface area contributed by atoms with Crippen molar-refractivity contribution in [3.8, 4) is 0 Å². The first-order chi connectivity index (χ1) is 6.34. The number of methoxy groups -OCH3 is 1. The SMILES string of the molecule is COCCCCc1ccccc1Br. The van der Waals surface area contributed by atoms with Gasteiger partial charge in [-0.2, -0.15) is 0 Å². The van der Waals surface area contributed by atoms with Crippen LogP contribution in [0.4, 0.5) is 0 Å². The Bertz CT molecular complexity index is 248. The van der Waals surface area contributed by atoms with E-state index in [9.17, 15) is 0 Å². The zero-order valence-corrected chi connectivity index (χ0v) is 9.51. The van der Waals surface area contributed by atoms with Gasteiger partial charge in [0.05, 0.1) is 0 Å². The lowest BCUT2D eigenvalue weighted by atomic mass is 10.1. The number of halogens is 1. The minimum atomic E-state index is 0.866. The fourth-order valence-electron chi connectivity index (χ4n) is 1.26. The summed E-state index contributed by atoms with van der Waals surface area (Å²) >= 11 is 3.53. The van der Waals surface area contributed by atoms with Crippen molar-refractivity contribution >= 4 is 15.9 Å². The molecule has 1 aromatic rings. The summed E-state index contributed by atoms with van der Waals surface area (Å²) in [6.45, 7) is 0.866. The minimum absolute atomic E-state index is 0.866. The van der Waals surface area contributed by atoms with Crippen LogP contribution in [0.1, 0.15) is 18.4 Å². The van der Waals surface area contributed by atoms with E-state index in [1.807, 2.05) is 6.07 Å². The number of rotatable bonds is 5. The van der Waals surface area contributed by atoms with Crippen LogP contribution >= 0.6 is 15.9 Å². The third-order valence-corrected chi connectivity index (χ3v) is 2.78. The molecule has 0 fully saturated rings. The topological polar surface area (TPSA) is 9.23 Å². The first-order valence-corrected chi connectivity index (χ1v) is 5.36. The van der Waals surface area contributed by atoms with Gasteiger partial charge >= 0.3 is 0 Å². The minimum Gasteiger partial charge on any atom is -0.385 e. The zero-order chi connectivity index (χ0) is 9.52. The van der Waals surface area contributed by atoms with E-state index < -0.39 is 0 Å². The summed E-state index contributed by atoms with van der Waals surface area (Å²) in [5, 5.41) is 0. The third-order valence-electron chi connectivity index (χ3n) is 2.00. The van der Waals surface area contributed by atoms with Crippen molar-refractivity contribution in [1.82, 2.24) is 0 Å². The number of hydrogen-bond donors (Lipinski definition) is 0. The molecule has 0 aliphatic rings. The molecule has 0 saturated heterocycles. The normalized spacial score (nSPS) is 10.3. The van der Waals surface area contributed by atoms with Crippen molar-refractivity contribution < 1.29 is 4.74 Å². The van der Waals surface area contributed by atoms with Gasteiger partial charge < -0.3 is 4.74 Å². The molecule has 72 valence electrons. The average Bonchev–Trinajstić information content (AvgIpc) is 2.15. The van der Waals surface area contributed by atoms with Gasteiger partial charge in [0, 0.05) is 18.2 Å². The fourth-order valence-corrected chi connectivity index (χ4v) is 1.75. The molecule has 0 atom stereocenters. The maximum atomic E-state index is 5.00. The van der Waals surface area contributed by atoms with Crippen LogP contribution in [0.5, 0.6) is 0 Å². The fraction of sp³-hybridized carbons (Fsp3) is 0.455. The van der Waals surface area contributed by atoms with Gasteiger partial charge in [-0.3, -0.25) is 0 Å². The summed E-state index contributed by atoms with van der Waals surface area (Å²) in [5.41, 5.74) is 1.39. The molecule has 13 heavy (non-hydrogen) atoms. The molecule has 1 nitrogen and oxygen atoms in total. The molecule has 0 unspecified atom stereocenters. The van der Waals surface area contributed by atoms with Crippen LogP contribution in [0.25, 0.3) is 0 Å². The molecule has 1 rings (SSSR count). The van der Waals surface area contributed by atoms with E-state index >= 15 is 0 Å². The van der Waals surface area contributed by atoms with E-state index in [0.29, 0.717) is 0 Å². The van der Waals surface area contributed by atoms with E-state index in [1.54, 1.807) is 7.11 Å². The Kier molecular flexibility index (Phi) is 5.09. The van der Waals surface area contributed by atoms with Crippen LogP contribution in [-0.2, 0) is 11.2 Å². The van der Waals surface area contributed by atoms with Crippen LogP contribution < -0.4 is 0 Å². The van der Waals surface area contributed by atoms with Crippen molar-refractivity contribution in [2.45, 2.75) is 19.3 Å². The molecular weight excluding hydrogens is 228 g/mol. The highest BCUT2D eigenvalue weighted by Gasteiger charge is 1.97. The molecule has 0 spiro atoms. The highest BCUT2D eigenvalue weighted by atomic mass is 79.9. The molecule has 0 amide bonds. The summed E-state index contributed by atoms with van der Waals surface area (Å²) in [7, 11) is 1.75. The molecule has 0 aromatic heterocycles. The van der Waals surface area contributed by atoms with Crippen LogP contribution in [0.15, 0.2) is 28.7 Å². The number of unbranched alkanes of at least 4 members (excludes halogenated alkanes) is 1. The van der Waals surface area contributed by atoms with Crippen molar-refractivity contribution in [3.63, 3.8) is 0 Å². The maximum absolute atomic E-state index is 5.00. The molecule has 2 heteroatoms. The second-order valence-electron chi connectivity index (χ2n) is 3.04. The Morgan fingerprint density at radius 1 is 1.23 bits per heavy atom. The average molecular weight is 243 g/mol. The van der Waals surface area contributed by atoms with Gasteiger partial charge in [0.15, 0.2) is 0 Å². The van der Waals surface area contributed by atoms with Gasteiger partial charge in [-0.15, -0.1) is 0 Å². The second kappa shape index (κ2) is 6.17. The Hall–Kier alpha value is -0.340. The van der Waals surface area contributed by atoms with Gasteiger partial charge in [-0.1, -0.05) is 34.1 Å². The molecule has 0 aliphatic heterocycles. The van der Waals surface area contributed by atoms with Crippen molar-refractivity contribution in [3.05, 3.63) is 34.3 Å². The van der Waals surface area contributed by atoms with Crippen molar-refractivity contribution in [2.75, 3.05) is 13.7 Å². The Labute approximate surface area is 88.2 Å². The maximum Gasteiger partial charge on any atom is 0.0462 e. The summed E-state index contributed by atoms with van der Waals surface area (Å²) in [6.07, 6.45) is 3.46. The Morgan fingerprint density at radius 2 is 2.00 bits per heavy atom. The zero-order valence-electron chi connectivity index (χ0n) is 7.92. The van der Waals surface area contributed by atoms with Crippen molar-refractivity contribution in [2.24, 2.45) is 0 Å². The lowest BCUT2D eigenvalue weighted by Gasteiger charge is -2.03. The lowest BCUT2D eigenvalue weighted by molar-refractivity contribution is 0.193. The molecule has 0 aliphatic carbocycles. The number of aryl methyl sites for hydroxylation is 1. The van der Waals surface area contributed by atoms with Gasteiger partial charge in [-0.05, 0) is 30.9 Å². The van der Waals surface area contributed by atoms with Crippen molar-refractivity contribution in [1.29, 1.82) is 0 Å². The summed E-state index contributed by atoms with van der Waals surface area (Å²) in [4.78, 5) is 0. The second-order valence-corrected chi connectivity index (χ2v) is 3.90. The van der Waals surface area contributed by atoms with Gasteiger partial charge in [0.1, 0.15) is 0 Å². The van der Waals surface area contributed by atoms with Crippen LogP contribution in [-0.4, -0.2) is 13.7 Å². The van der Waals surface area contributed by atoms with Gasteiger partial charge in [0.2, 0.25) is 0 Å². The Morgan fingerprint density at radius 3 is 2.69 bits per heavy atom. The van der Waals surface area contributed by atoms with Crippen LogP contribution in [0.2, 0.25) is 0 Å². The molecule has 0 heterocycles. The quantitative estimate of drug-likeness (QED) is 0.720. The molecule has 0 bridgehead atoms. The summed E-state index contributed by atoms with van der Waals surface area (Å²) in [6, 6.07) is 8.38. The molecule has 0 radical (unpaired) electrons. The predicted molar refractivity (Wildman–Crippen MR) is 59.0 cm³/mol. The van der Waals surface area contributed by atoms with Gasteiger partial charge in [-0.25, -0.2) is 0 Å². The molecular formula is C11H15BrO.